The van der Waals surface area contributed by atoms with Crippen molar-refractivity contribution >= 4 is 0 Å². The first-order valence-electron chi connectivity index (χ1n) is 5.29. The minimum absolute atomic E-state index is 0.0549. The summed E-state index contributed by atoms with van der Waals surface area (Å²) in [6.07, 6.45) is -8.57. The van der Waals surface area contributed by atoms with Crippen molar-refractivity contribution in [2.24, 2.45) is 0 Å². The predicted octanol–water partition coefficient (Wildman–Crippen LogP) is 4.69. The molecule has 0 aliphatic carbocycles. The van der Waals surface area contributed by atoms with Gasteiger partial charge in [0.25, 0.3) is 0 Å². The number of hydrogen-bond acceptors (Lipinski definition) is 2. The minimum Gasteiger partial charge on any atom is -0.441 e. The average Bonchev–Trinajstić information content (AvgIpc) is 2.73. The molecule has 0 fully saturated rings. The van der Waals surface area contributed by atoms with Gasteiger partial charge in [0, 0.05) is 5.56 Å². The third kappa shape index (κ3) is 2.94. The lowest BCUT2D eigenvalue weighted by atomic mass is 10.0. The standard InChI is InChI=1S/C12H7F6NO/c1-6-5-19-10(20-6)7-2-8(11(13,14)15)4-9(3-7)12(16,17)18/h2-5H,1H3. The molecule has 2 rings (SSSR count). The van der Waals surface area contributed by atoms with Gasteiger partial charge in [0.2, 0.25) is 5.89 Å². The highest BCUT2D eigenvalue weighted by molar-refractivity contribution is 5.57. The second-order valence-corrected chi connectivity index (χ2v) is 4.07. The van der Waals surface area contributed by atoms with E-state index in [9.17, 15) is 26.3 Å². The van der Waals surface area contributed by atoms with E-state index in [-0.39, 0.29) is 23.3 Å². The molecule has 0 spiro atoms. The van der Waals surface area contributed by atoms with Crippen molar-refractivity contribution in [3.8, 4) is 11.5 Å². The number of nitrogens with zero attached hydrogens (tertiary/aromatic N) is 1. The highest BCUT2D eigenvalue weighted by Gasteiger charge is 2.37. The number of benzene rings is 1. The van der Waals surface area contributed by atoms with Crippen molar-refractivity contribution in [1.29, 1.82) is 0 Å². The SMILES string of the molecule is Cc1cnc(-c2cc(C(F)(F)F)cc(C(F)(F)F)c2)o1. The maximum atomic E-state index is 12.6. The number of hydrogen-bond donors (Lipinski definition) is 0. The normalized spacial score (nSPS) is 12.8. The molecule has 0 amide bonds. The number of aromatic nitrogens is 1. The number of aryl methyl sites for hydroxylation is 1. The third-order valence-electron chi connectivity index (χ3n) is 2.46. The zero-order valence-electron chi connectivity index (χ0n) is 9.93. The first kappa shape index (κ1) is 14.4. The van der Waals surface area contributed by atoms with Crippen LogP contribution in [0.5, 0.6) is 0 Å². The summed E-state index contributed by atoms with van der Waals surface area (Å²) in [5.41, 5.74) is -3.18. The summed E-state index contributed by atoms with van der Waals surface area (Å²) in [5, 5.41) is 0. The largest absolute Gasteiger partial charge is 0.441 e. The molecule has 2 nitrogen and oxygen atoms in total. The zero-order valence-corrected chi connectivity index (χ0v) is 9.93. The Labute approximate surface area is 109 Å². The molecule has 8 heteroatoms. The molecule has 0 saturated heterocycles. The van der Waals surface area contributed by atoms with Gasteiger partial charge in [-0.25, -0.2) is 4.98 Å². The number of oxazole rings is 1. The van der Waals surface area contributed by atoms with Gasteiger partial charge in [-0.05, 0) is 25.1 Å². The monoisotopic (exact) mass is 295 g/mol. The van der Waals surface area contributed by atoms with E-state index in [0.29, 0.717) is 12.1 Å². The zero-order chi connectivity index (χ0) is 15.1. The van der Waals surface area contributed by atoms with Gasteiger partial charge in [0.1, 0.15) is 5.76 Å². The van der Waals surface area contributed by atoms with Crippen LogP contribution in [-0.2, 0) is 12.4 Å². The smallest absolute Gasteiger partial charge is 0.416 e. The van der Waals surface area contributed by atoms with E-state index in [2.05, 4.69) is 4.98 Å². The molecular formula is C12H7F6NO. The van der Waals surface area contributed by atoms with Crippen LogP contribution in [-0.4, -0.2) is 4.98 Å². The lowest BCUT2D eigenvalue weighted by Gasteiger charge is -2.13. The van der Waals surface area contributed by atoms with Crippen LogP contribution in [0, 0.1) is 6.92 Å². The van der Waals surface area contributed by atoms with E-state index < -0.39 is 23.5 Å². The Morgan fingerprint density at radius 2 is 1.40 bits per heavy atom. The molecule has 1 aromatic carbocycles. The summed E-state index contributed by atoms with van der Waals surface area (Å²) >= 11 is 0. The molecule has 0 unspecified atom stereocenters. The van der Waals surface area contributed by atoms with Crippen LogP contribution in [0.3, 0.4) is 0 Å². The fourth-order valence-corrected chi connectivity index (χ4v) is 1.57. The minimum atomic E-state index is -4.89. The Balaban J connectivity index is 2.63. The Kier molecular flexibility index (Phi) is 3.27. The van der Waals surface area contributed by atoms with Crippen molar-refractivity contribution in [2.45, 2.75) is 19.3 Å². The fourth-order valence-electron chi connectivity index (χ4n) is 1.57. The van der Waals surface area contributed by atoms with Crippen LogP contribution < -0.4 is 0 Å². The molecule has 20 heavy (non-hydrogen) atoms. The maximum Gasteiger partial charge on any atom is 0.416 e. The first-order valence-corrected chi connectivity index (χ1v) is 5.29. The molecule has 0 N–H and O–H groups in total. The molecule has 108 valence electrons. The molecule has 0 radical (unpaired) electrons. The van der Waals surface area contributed by atoms with Crippen LogP contribution in [0.15, 0.2) is 28.8 Å². The Morgan fingerprint density at radius 3 is 1.75 bits per heavy atom. The van der Waals surface area contributed by atoms with Crippen LogP contribution in [0.4, 0.5) is 26.3 Å². The summed E-state index contributed by atoms with van der Waals surface area (Å²) < 4.78 is 80.8. The lowest BCUT2D eigenvalue weighted by Crippen LogP contribution is -2.11. The van der Waals surface area contributed by atoms with E-state index in [4.69, 9.17) is 4.42 Å². The summed E-state index contributed by atoms with van der Waals surface area (Å²) in [5.74, 6) is -0.00919. The molecule has 0 aliphatic rings. The molecule has 0 bridgehead atoms. The maximum absolute atomic E-state index is 12.6. The van der Waals surface area contributed by atoms with Crippen molar-refractivity contribution in [1.82, 2.24) is 4.98 Å². The van der Waals surface area contributed by atoms with E-state index in [0.717, 1.165) is 0 Å². The van der Waals surface area contributed by atoms with Gasteiger partial charge in [0.15, 0.2) is 0 Å². The van der Waals surface area contributed by atoms with Gasteiger partial charge >= 0.3 is 12.4 Å². The van der Waals surface area contributed by atoms with Gasteiger partial charge in [-0.1, -0.05) is 0 Å². The average molecular weight is 295 g/mol. The van der Waals surface area contributed by atoms with Gasteiger partial charge < -0.3 is 4.42 Å². The third-order valence-corrected chi connectivity index (χ3v) is 2.46. The molecule has 1 aromatic heterocycles. The van der Waals surface area contributed by atoms with Crippen molar-refractivity contribution < 1.29 is 30.8 Å². The lowest BCUT2D eigenvalue weighted by molar-refractivity contribution is -0.143. The molecule has 0 atom stereocenters. The summed E-state index contributed by atoms with van der Waals surface area (Å²) in [4.78, 5) is 3.63. The van der Waals surface area contributed by atoms with Crippen LogP contribution in [0.25, 0.3) is 11.5 Å². The van der Waals surface area contributed by atoms with Gasteiger partial charge in [-0.15, -0.1) is 0 Å². The number of halogens is 6. The van der Waals surface area contributed by atoms with E-state index >= 15 is 0 Å². The summed E-state index contributed by atoms with van der Waals surface area (Å²) in [7, 11) is 0. The van der Waals surface area contributed by atoms with Gasteiger partial charge in [0.05, 0.1) is 17.3 Å². The quantitative estimate of drug-likeness (QED) is 0.713. The Bertz CT molecular complexity index is 593. The summed E-state index contributed by atoms with van der Waals surface area (Å²) in [6, 6.07) is 1.19. The van der Waals surface area contributed by atoms with Crippen molar-refractivity contribution in [3.63, 3.8) is 0 Å². The summed E-state index contributed by atoms with van der Waals surface area (Å²) in [6.45, 7) is 1.48. The van der Waals surface area contributed by atoms with E-state index in [1.54, 1.807) is 0 Å². The fraction of sp³-hybridized carbons (Fsp3) is 0.250. The van der Waals surface area contributed by atoms with Gasteiger partial charge in [-0.3, -0.25) is 0 Å². The number of alkyl halides is 6. The Morgan fingerprint density at radius 1 is 0.900 bits per heavy atom. The predicted molar refractivity (Wildman–Crippen MR) is 56.7 cm³/mol. The first-order chi connectivity index (χ1) is 9.07. The molecule has 0 aliphatic heterocycles. The molecule has 1 heterocycles. The molecular weight excluding hydrogens is 288 g/mol. The van der Waals surface area contributed by atoms with Crippen LogP contribution >= 0.6 is 0 Å². The van der Waals surface area contributed by atoms with E-state index in [1.165, 1.54) is 13.1 Å². The van der Waals surface area contributed by atoms with Gasteiger partial charge in [-0.2, -0.15) is 26.3 Å². The second kappa shape index (κ2) is 4.53. The Hall–Kier alpha value is -1.99. The number of rotatable bonds is 1. The van der Waals surface area contributed by atoms with Crippen molar-refractivity contribution in [2.75, 3.05) is 0 Å². The highest BCUT2D eigenvalue weighted by atomic mass is 19.4. The molecule has 2 aromatic rings. The van der Waals surface area contributed by atoms with Crippen LogP contribution in [0.2, 0.25) is 0 Å². The highest BCUT2D eigenvalue weighted by Crippen LogP contribution is 2.38. The topological polar surface area (TPSA) is 26.0 Å². The van der Waals surface area contributed by atoms with Crippen LogP contribution in [0.1, 0.15) is 16.9 Å². The van der Waals surface area contributed by atoms with E-state index in [1.807, 2.05) is 0 Å². The second-order valence-electron chi connectivity index (χ2n) is 4.07. The molecule has 0 saturated carbocycles. The van der Waals surface area contributed by atoms with Crippen molar-refractivity contribution in [3.05, 3.63) is 41.3 Å².